The molecule has 0 amide bonds. The fourth-order valence-corrected chi connectivity index (χ4v) is 3.08. The standard InChI is InChI=1S/C17H17O4P/c1-3-7-13-11-14(18)10-12(2)16(13)17(19)21-22(20)15-8-5-4-6-9-15/h4-6,8-11H,3,7H2,1-2H3/p+1. The Labute approximate surface area is 130 Å². The van der Waals surface area contributed by atoms with Gasteiger partial charge in [0.05, 0.1) is 5.56 Å². The van der Waals surface area contributed by atoms with Gasteiger partial charge >= 0.3 is 14.0 Å². The average Bonchev–Trinajstić information content (AvgIpc) is 2.47. The number of carbonyl (C=O) groups excluding carboxylic acids is 1. The summed E-state index contributed by atoms with van der Waals surface area (Å²) in [6, 6.07) is 11.7. The molecule has 2 aromatic carbocycles. The molecule has 1 N–H and O–H groups in total. The Morgan fingerprint density at radius 2 is 1.91 bits per heavy atom. The molecule has 114 valence electrons. The van der Waals surface area contributed by atoms with Crippen LogP contribution in [0.1, 0.15) is 34.8 Å². The third-order valence-corrected chi connectivity index (χ3v) is 4.31. The van der Waals surface area contributed by atoms with Crippen LogP contribution in [0, 0.1) is 6.92 Å². The van der Waals surface area contributed by atoms with Crippen molar-refractivity contribution in [2.45, 2.75) is 26.7 Å². The lowest BCUT2D eigenvalue weighted by molar-refractivity contribution is 0.0750. The van der Waals surface area contributed by atoms with Crippen molar-refractivity contribution in [3.8, 4) is 5.75 Å². The third kappa shape index (κ3) is 3.71. The van der Waals surface area contributed by atoms with Crippen molar-refractivity contribution in [1.29, 1.82) is 0 Å². The first kappa shape index (κ1) is 16.2. The normalized spacial score (nSPS) is 11.1. The molecule has 0 radical (unpaired) electrons. The van der Waals surface area contributed by atoms with E-state index in [2.05, 4.69) is 0 Å². The first-order valence-corrected chi connectivity index (χ1v) is 8.27. The molecule has 5 heteroatoms. The molecular formula is C17H18O4P+. The largest absolute Gasteiger partial charge is 0.600 e. The van der Waals surface area contributed by atoms with Crippen LogP contribution in [0.5, 0.6) is 5.75 Å². The fourth-order valence-electron chi connectivity index (χ4n) is 2.32. The predicted octanol–water partition coefficient (Wildman–Crippen LogP) is 3.88. The van der Waals surface area contributed by atoms with Crippen molar-refractivity contribution in [3.63, 3.8) is 0 Å². The summed E-state index contributed by atoms with van der Waals surface area (Å²) < 4.78 is 17.3. The third-order valence-electron chi connectivity index (χ3n) is 3.26. The first-order chi connectivity index (χ1) is 10.5. The van der Waals surface area contributed by atoms with E-state index in [0.29, 0.717) is 28.4 Å². The highest BCUT2D eigenvalue weighted by atomic mass is 31.1. The smallest absolute Gasteiger partial charge is 0.508 e. The second kappa shape index (κ2) is 7.19. The maximum absolute atomic E-state index is 12.4. The van der Waals surface area contributed by atoms with Crippen molar-refractivity contribution < 1.29 is 19.0 Å². The molecule has 2 aromatic rings. The van der Waals surface area contributed by atoms with E-state index in [1.54, 1.807) is 43.3 Å². The van der Waals surface area contributed by atoms with Crippen LogP contribution in [0.4, 0.5) is 0 Å². The Kier molecular flexibility index (Phi) is 5.29. The Hall–Kier alpha value is -2.19. The number of benzene rings is 2. The zero-order chi connectivity index (χ0) is 16.1. The molecule has 1 atom stereocenters. The van der Waals surface area contributed by atoms with Crippen LogP contribution >= 0.6 is 8.03 Å². The van der Waals surface area contributed by atoms with Crippen LogP contribution in [0.2, 0.25) is 0 Å². The zero-order valence-corrected chi connectivity index (χ0v) is 13.5. The van der Waals surface area contributed by atoms with E-state index in [4.69, 9.17) is 4.52 Å². The van der Waals surface area contributed by atoms with Crippen molar-refractivity contribution in [1.82, 2.24) is 0 Å². The van der Waals surface area contributed by atoms with E-state index in [0.717, 1.165) is 6.42 Å². The molecule has 0 aliphatic carbocycles. The van der Waals surface area contributed by atoms with Crippen molar-refractivity contribution in [2.24, 2.45) is 0 Å². The highest BCUT2D eigenvalue weighted by molar-refractivity contribution is 7.49. The Balaban J connectivity index is 2.28. The van der Waals surface area contributed by atoms with Gasteiger partial charge in [-0.2, -0.15) is 0 Å². The van der Waals surface area contributed by atoms with Crippen LogP contribution in [0.3, 0.4) is 0 Å². The molecule has 2 rings (SSSR count). The molecule has 0 spiro atoms. The second-order valence-electron chi connectivity index (χ2n) is 5.02. The second-order valence-corrected chi connectivity index (χ2v) is 6.23. The highest BCUT2D eigenvalue weighted by Crippen LogP contribution is 2.28. The van der Waals surface area contributed by atoms with Gasteiger partial charge in [0.1, 0.15) is 5.75 Å². The van der Waals surface area contributed by atoms with Crippen LogP contribution in [0.15, 0.2) is 42.5 Å². The monoisotopic (exact) mass is 317 g/mol. The number of phenolic OH excluding ortho intramolecular Hbond substituents is 1. The molecule has 0 saturated heterocycles. The van der Waals surface area contributed by atoms with Gasteiger partial charge in [0.25, 0.3) is 0 Å². The zero-order valence-electron chi connectivity index (χ0n) is 12.6. The van der Waals surface area contributed by atoms with Gasteiger partial charge < -0.3 is 5.11 Å². The number of aryl methyl sites for hydroxylation is 2. The van der Waals surface area contributed by atoms with Crippen molar-refractivity contribution >= 4 is 19.3 Å². The number of aromatic hydroxyl groups is 1. The predicted molar refractivity (Wildman–Crippen MR) is 85.9 cm³/mol. The fraction of sp³-hybridized carbons (Fsp3) is 0.235. The molecule has 22 heavy (non-hydrogen) atoms. The lowest BCUT2D eigenvalue weighted by Gasteiger charge is -2.09. The van der Waals surface area contributed by atoms with Crippen LogP contribution in [-0.2, 0) is 15.5 Å². The summed E-state index contributed by atoms with van der Waals surface area (Å²) in [7, 11) is -2.24. The SMILES string of the molecule is CCCc1cc(O)cc(C)c1C(=O)O[P+](=O)c1ccccc1. The molecule has 4 nitrogen and oxygen atoms in total. The van der Waals surface area contributed by atoms with E-state index in [9.17, 15) is 14.5 Å². The summed E-state index contributed by atoms with van der Waals surface area (Å²) in [4.78, 5) is 12.4. The number of phenols is 1. The van der Waals surface area contributed by atoms with Crippen molar-refractivity contribution in [3.05, 3.63) is 59.2 Å². The van der Waals surface area contributed by atoms with E-state index in [1.807, 2.05) is 6.92 Å². The summed E-state index contributed by atoms with van der Waals surface area (Å²) in [6.07, 6.45) is 1.47. The van der Waals surface area contributed by atoms with E-state index >= 15 is 0 Å². The van der Waals surface area contributed by atoms with Gasteiger partial charge in [-0.1, -0.05) is 31.5 Å². The quantitative estimate of drug-likeness (QED) is 0.850. The molecule has 0 bridgehead atoms. The molecule has 0 saturated carbocycles. The van der Waals surface area contributed by atoms with Gasteiger partial charge in [0.15, 0.2) is 0 Å². The average molecular weight is 317 g/mol. The van der Waals surface area contributed by atoms with Gasteiger partial charge in [0, 0.05) is 0 Å². The molecule has 0 aliphatic heterocycles. The first-order valence-electron chi connectivity index (χ1n) is 7.10. The molecule has 0 heterocycles. The number of rotatable bonds is 5. The van der Waals surface area contributed by atoms with Gasteiger partial charge in [-0.05, 0) is 53.3 Å². The molecule has 1 unspecified atom stereocenters. The van der Waals surface area contributed by atoms with Crippen LogP contribution in [-0.4, -0.2) is 11.1 Å². The van der Waals surface area contributed by atoms with Gasteiger partial charge in [0.2, 0.25) is 5.30 Å². The number of hydrogen-bond donors (Lipinski definition) is 1. The van der Waals surface area contributed by atoms with E-state index < -0.39 is 14.0 Å². The van der Waals surface area contributed by atoms with Gasteiger partial charge in [-0.25, -0.2) is 9.32 Å². The molecular weight excluding hydrogens is 299 g/mol. The maximum Gasteiger partial charge on any atom is 0.600 e. The number of carbonyl (C=O) groups is 1. The van der Waals surface area contributed by atoms with E-state index in [-0.39, 0.29) is 5.75 Å². The topological polar surface area (TPSA) is 63.6 Å². The van der Waals surface area contributed by atoms with Gasteiger partial charge in [-0.15, -0.1) is 0 Å². The minimum Gasteiger partial charge on any atom is -0.508 e. The van der Waals surface area contributed by atoms with Crippen LogP contribution in [0.25, 0.3) is 0 Å². The summed E-state index contributed by atoms with van der Waals surface area (Å²) in [5.41, 5.74) is 1.71. The summed E-state index contributed by atoms with van der Waals surface area (Å²) in [5, 5.41) is 10.1. The molecule has 0 fully saturated rings. The Bertz CT molecular complexity index is 695. The lowest BCUT2D eigenvalue weighted by Crippen LogP contribution is -2.10. The summed E-state index contributed by atoms with van der Waals surface area (Å²) in [5.74, 6) is -0.504. The lowest BCUT2D eigenvalue weighted by atomic mass is 9.98. The Morgan fingerprint density at radius 1 is 1.23 bits per heavy atom. The Morgan fingerprint density at radius 3 is 2.55 bits per heavy atom. The maximum atomic E-state index is 12.4. The van der Waals surface area contributed by atoms with E-state index in [1.165, 1.54) is 6.07 Å². The molecule has 0 aliphatic rings. The highest BCUT2D eigenvalue weighted by Gasteiger charge is 2.30. The summed E-state index contributed by atoms with van der Waals surface area (Å²) >= 11 is 0. The molecule has 0 aromatic heterocycles. The minimum atomic E-state index is -2.24. The van der Waals surface area contributed by atoms with Gasteiger partial charge in [-0.3, -0.25) is 0 Å². The summed E-state index contributed by atoms with van der Waals surface area (Å²) in [6.45, 7) is 3.71. The number of hydrogen-bond acceptors (Lipinski definition) is 4. The van der Waals surface area contributed by atoms with Crippen LogP contribution < -0.4 is 5.30 Å². The minimum absolute atomic E-state index is 0.116. The van der Waals surface area contributed by atoms with Crippen molar-refractivity contribution in [2.75, 3.05) is 0 Å².